The second-order valence-corrected chi connectivity index (χ2v) is 4.64. The van der Waals surface area contributed by atoms with Gasteiger partial charge in [-0.3, -0.25) is 4.68 Å². The number of nitrogens with two attached hydrogens (primary N) is 1. The number of hydrogen-bond acceptors (Lipinski definition) is 6. The van der Waals surface area contributed by atoms with E-state index < -0.39 is 0 Å². The van der Waals surface area contributed by atoms with Gasteiger partial charge in [0, 0.05) is 13.7 Å². The highest BCUT2D eigenvalue weighted by atomic mass is 16.5. The van der Waals surface area contributed by atoms with E-state index in [1.807, 2.05) is 6.92 Å². The second kappa shape index (κ2) is 5.40. The average molecular weight is 265 g/mol. The molecule has 0 fully saturated rings. The number of hydrogen-bond donors (Lipinski definition) is 1. The van der Waals surface area contributed by atoms with Crippen LogP contribution in [-0.2, 0) is 11.8 Å². The second-order valence-electron chi connectivity index (χ2n) is 4.64. The molecule has 0 spiro atoms. The van der Waals surface area contributed by atoms with E-state index in [2.05, 4.69) is 29.1 Å². The van der Waals surface area contributed by atoms with Crippen molar-refractivity contribution in [1.82, 2.24) is 19.9 Å². The molecule has 0 aromatic carbocycles. The molecule has 7 nitrogen and oxygen atoms in total. The van der Waals surface area contributed by atoms with Crippen LogP contribution in [0.15, 0.2) is 10.7 Å². The maximum Gasteiger partial charge on any atom is 0.263 e. The number of ether oxygens (including phenoxy) is 1. The molecule has 0 saturated heterocycles. The monoisotopic (exact) mass is 265 g/mol. The molecule has 2 N–H and O–H groups in total. The summed E-state index contributed by atoms with van der Waals surface area (Å²) in [6.45, 7) is 6.64. The highest BCUT2D eigenvalue weighted by Crippen LogP contribution is 2.28. The molecule has 104 valence electrons. The minimum absolute atomic E-state index is 0.180. The van der Waals surface area contributed by atoms with Gasteiger partial charge in [-0.1, -0.05) is 19.0 Å². The van der Waals surface area contributed by atoms with Gasteiger partial charge in [0.1, 0.15) is 17.5 Å². The lowest BCUT2D eigenvalue weighted by atomic mass is 10.1. The molecule has 7 heteroatoms. The maximum atomic E-state index is 5.88. The third kappa shape index (κ3) is 2.60. The van der Waals surface area contributed by atoms with Crippen LogP contribution in [0.3, 0.4) is 0 Å². The van der Waals surface area contributed by atoms with Crippen molar-refractivity contribution in [3.63, 3.8) is 0 Å². The summed E-state index contributed by atoms with van der Waals surface area (Å²) >= 11 is 0. The Labute approximate surface area is 111 Å². The molecular formula is C12H19N5O2. The zero-order valence-corrected chi connectivity index (χ0v) is 11.6. The summed E-state index contributed by atoms with van der Waals surface area (Å²) in [6, 6.07) is 0. The van der Waals surface area contributed by atoms with Gasteiger partial charge in [-0.25, -0.2) is 0 Å². The van der Waals surface area contributed by atoms with Crippen LogP contribution in [0, 0.1) is 5.92 Å². The minimum Gasteiger partial charge on any atom is -0.383 e. The number of aryl methyl sites for hydroxylation is 1. The van der Waals surface area contributed by atoms with E-state index >= 15 is 0 Å². The summed E-state index contributed by atoms with van der Waals surface area (Å²) in [4.78, 5) is 4.36. The number of rotatable bonds is 5. The van der Waals surface area contributed by atoms with Gasteiger partial charge in [0.05, 0.1) is 6.20 Å². The fourth-order valence-electron chi connectivity index (χ4n) is 1.82. The van der Waals surface area contributed by atoms with Crippen LogP contribution in [0.4, 0.5) is 5.82 Å². The van der Waals surface area contributed by atoms with E-state index in [-0.39, 0.29) is 12.0 Å². The van der Waals surface area contributed by atoms with Gasteiger partial charge in [0.25, 0.3) is 5.89 Å². The number of nitrogens with zero attached hydrogens (tertiary/aromatic N) is 4. The molecule has 0 bridgehead atoms. The molecule has 0 aliphatic carbocycles. The smallest absolute Gasteiger partial charge is 0.263 e. The minimum atomic E-state index is -0.180. The van der Waals surface area contributed by atoms with Crippen molar-refractivity contribution in [1.29, 1.82) is 0 Å². The van der Waals surface area contributed by atoms with E-state index in [1.54, 1.807) is 17.9 Å². The topological polar surface area (TPSA) is 92.0 Å². The summed E-state index contributed by atoms with van der Waals surface area (Å²) in [5.41, 5.74) is 6.52. The first-order valence-corrected chi connectivity index (χ1v) is 6.27. The fraction of sp³-hybridized carbons (Fsp3) is 0.583. The SMILES string of the molecule is CCOC(c1noc(-c2cnn(C)c2N)n1)C(C)C. The van der Waals surface area contributed by atoms with Crippen LogP contribution in [0.2, 0.25) is 0 Å². The number of anilines is 1. The Morgan fingerprint density at radius 1 is 1.47 bits per heavy atom. The molecule has 2 aromatic heterocycles. The molecule has 0 aliphatic rings. The first-order valence-electron chi connectivity index (χ1n) is 6.27. The van der Waals surface area contributed by atoms with E-state index in [0.717, 1.165) is 0 Å². The molecular weight excluding hydrogens is 246 g/mol. The van der Waals surface area contributed by atoms with Gasteiger partial charge in [-0.15, -0.1) is 0 Å². The summed E-state index contributed by atoms with van der Waals surface area (Å²) in [5, 5.41) is 8.03. The van der Waals surface area contributed by atoms with Crippen molar-refractivity contribution in [2.24, 2.45) is 13.0 Å². The van der Waals surface area contributed by atoms with Gasteiger partial charge < -0.3 is 15.0 Å². The zero-order chi connectivity index (χ0) is 14.0. The van der Waals surface area contributed by atoms with E-state index in [9.17, 15) is 0 Å². The van der Waals surface area contributed by atoms with Crippen LogP contribution >= 0.6 is 0 Å². The molecule has 0 amide bonds. The van der Waals surface area contributed by atoms with Crippen molar-refractivity contribution < 1.29 is 9.26 Å². The predicted octanol–water partition coefficient (Wildman–Crippen LogP) is 1.79. The van der Waals surface area contributed by atoms with Crippen molar-refractivity contribution in [2.45, 2.75) is 26.9 Å². The number of aromatic nitrogens is 4. The molecule has 0 aliphatic heterocycles. The summed E-state index contributed by atoms with van der Waals surface area (Å²) in [6.07, 6.45) is 1.43. The summed E-state index contributed by atoms with van der Waals surface area (Å²) < 4.78 is 12.4. The van der Waals surface area contributed by atoms with Crippen LogP contribution in [0.25, 0.3) is 11.5 Å². The van der Waals surface area contributed by atoms with Crippen molar-refractivity contribution in [3.8, 4) is 11.5 Å². The number of nitrogen functional groups attached to an aromatic ring is 1. The van der Waals surface area contributed by atoms with Crippen LogP contribution in [0.1, 0.15) is 32.7 Å². The molecule has 0 radical (unpaired) electrons. The largest absolute Gasteiger partial charge is 0.383 e. The maximum absolute atomic E-state index is 5.88. The quantitative estimate of drug-likeness (QED) is 0.886. The highest BCUT2D eigenvalue weighted by molar-refractivity contribution is 5.66. The van der Waals surface area contributed by atoms with E-state index in [1.165, 1.54) is 0 Å². The lowest BCUT2D eigenvalue weighted by Gasteiger charge is -2.16. The van der Waals surface area contributed by atoms with Crippen LogP contribution in [0.5, 0.6) is 0 Å². The molecule has 2 heterocycles. The van der Waals surface area contributed by atoms with Gasteiger partial charge in [-0.05, 0) is 12.8 Å². The molecule has 19 heavy (non-hydrogen) atoms. The average Bonchev–Trinajstić information content (AvgIpc) is 2.95. The fourth-order valence-corrected chi connectivity index (χ4v) is 1.82. The third-order valence-corrected chi connectivity index (χ3v) is 2.86. The first-order chi connectivity index (χ1) is 9.04. The first kappa shape index (κ1) is 13.5. The van der Waals surface area contributed by atoms with E-state index in [0.29, 0.717) is 29.7 Å². The van der Waals surface area contributed by atoms with Gasteiger partial charge in [0.2, 0.25) is 5.82 Å². The Hall–Kier alpha value is -1.89. The van der Waals surface area contributed by atoms with Crippen molar-refractivity contribution in [3.05, 3.63) is 12.0 Å². The van der Waals surface area contributed by atoms with Crippen molar-refractivity contribution >= 4 is 5.82 Å². The predicted molar refractivity (Wildman–Crippen MR) is 70.1 cm³/mol. The third-order valence-electron chi connectivity index (χ3n) is 2.86. The van der Waals surface area contributed by atoms with Gasteiger partial charge in [-0.2, -0.15) is 10.1 Å². The van der Waals surface area contributed by atoms with E-state index in [4.69, 9.17) is 15.0 Å². The molecule has 1 unspecified atom stereocenters. The summed E-state index contributed by atoms with van der Waals surface area (Å²) in [7, 11) is 1.76. The van der Waals surface area contributed by atoms with Crippen LogP contribution in [-0.4, -0.2) is 26.5 Å². The van der Waals surface area contributed by atoms with Gasteiger partial charge >= 0.3 is 0 Å². The molecule has 0 saturated carbocycles. The normalized spacial score (nSPS) is 13.1. The Kier molecular flexibility index (Phi) is 3.84. The Bertz CT molecular complexity index is 546. The standard InChI is InChI=1S/C12H19N5O2/c1-5-18-9(7(2)3)11-15-12(19-16-11)8-6-14-17(4)10(8)13/h6-7,9H,5,13H2,1-4H3. The van der Waals surface area contributed by atoms with Crippen molar-refractivity contribution in [2.75, 3.05) is 12.3 Å². The zero-order valence-electron chi connectivity index (χ0n) is 11.6. The molecule has 2 rings (SSSR count). The van der Waals surface area contributed by atoms with Crippen LogP contribution < -0.4 is 5.73 Å². The Morgan fingerprint density at radius 2 is 2.21 bits per heavy atom. The highest BCUT2D eigenvalue weighted by Gasteiger charge is 2.23. The lowest BCUT2D eigenvalue weighted by Crippen LogP contribution is -2.12. The lowest BCUT2D eigenvalue weighted by molar-refractivity contribution is 0.0217. The van der Waals surface area contributed by atoms with Gasteiger partial charge in [0.15, 0.2) is 0 Å². The molecule has 1 atom stereocenters. The molecule has 2 aromatic rings. The Morgan fingerprint density at radius 3 is 2.74 bits per heavy atom. The summed E-state index contributed by atoms with van der Waals surface area (Å²) in [5.74, 6) is 1.66. The Balaban J connectivity index is 2.30.